The minimum atomic E-state index is -0.690. The average molecular weight is 535 g/mol. The summed E-state index contributed by atoms with van der Waals surface area (Å²) in [5.41, 5.74) is 0.741. The smallest absolute Gasteiger partial charge is 0.238 e. The molecular weight excluding hydrogens is 504 g/mol. The van der Waals surface area contributed by atoms with Gasteiger partial charge >= 0.3 is 0 Å². The number of benzene rings is 2. The van der Waals surface area contributed by atoms with E-state index < -0.39 is 11.2 Å². The third kappa shape index (κ3) is 6.23. The summed E-state index contributed by atoms with van der Waals surface area (Å²) < 4.78 is 28.0. The standard InChI is InChI=1S/C29H30N2O8/c1-35-20-11-9-18(10-12-20)27-26(34)25(33)24-21(17-22(36-2)28(37-3)29(24)39-27)38-16-6-8-23(32)31-15-13-19-7-4-5-14-30-19/h4-5,7,9-12,14,17,34H,6,8,13,15-16H2,1-3H3,(H,31,32). The molecule has 2 N–H and O–H groups in total. The molecule has 0 unspecified atom stereocenters. The van der Waals surface area contributed by atoms with Crippen LogP contribution in [0, 0.1) is 0 Å². The van der Waals surface area contributed by atoms with Crippen molar-refractivity contribution in [2.45, 2.75) is 19.3 Å². The molecule has 204 valence electrons. The van der Waals surface area contributed by atoms with Crippen LogP contribution in [0.1, 0.15) is 18.5 Å². The van der Waals surface area contributed by atoms with Gasteiger partial charge in [-0.25, -0.2) is 0 Å². The Morgan fingerprint density at radius 1 is 1.03 bits per heavy atom. The van der Waals surface area contributed by atoms with E-state index in [0.29, 0.717) is 30.7 Å². The van der Waals surface area contributed by atoms with Crippen LogP contribution in [0.25, 0.3) is 22.3 Å². The molecule has 0 atom stereocenters. The summed E-state index contributed by atoms with van der Waals surface area (Å²) >= 11 is 0. The zero-order valence-electron chi connectivity index (χ0n) is 22.0. The minimum Gasteiger partial charge on any atom is -0.502 e. The Balaban J connectivity index is 1.52. The first-order valence-electron chi connectivity index (χ1n) is 12.3. The Morgan fingerprint density at radius 2 is 1.82 bits per heavy atom. The van der Waals surface area contributed by atoms with Gasteiger partial charge in [-0.15, -0.1) is 0 Å². The number of fused-ring (bicyclic) bond motifs is 1. The molecule has 0 saturated heterocycles. The Labute approximate surface area is 225 Å². The second-order valence-electron chi connectivity index (χ2n) is 8.52. The summed E-state index contributed by atoms with van der Waals surface area (Å²) in [5, 5.41) is 13.6. The van der Waals surface area contributed by atoms with E-state index in [1.807, 2.05) is 18.2 Å². The normalized spacial score (nSPS) is 10.7. The van der Waals surface area contributed by atoms with Crippen molar-refractivity contribution in [3.63, 3.8) is 0 Å². The van der Waals surface area contributed by atoms with Crippen molar-refractivity contribution in [2.75, 3.05) is 34.5 Å². The number of aromatic nitrogens is 1. The van der Waals surface area contributed by atoms with Gasteiger partial charge in [0.15, 0.2) is 17.1 Å². The second kappa shape index (κ2) is 12.7. The van der Waals surface area contributed by atoms with E-state index in [4.69, 9.17) is 23.4 Å². The van der Waals surface area contributed by atoms with E-state index in [9.17, 15) is 14.7 Å². The predicted molar refractivity (Wildman–Crippen MR) is 145 cm³/mol. The molecule has 0 aliphatic rings. The first-order chi connectivity index (χ1) is 19.0. The summed E-state index contributed by atoms with van der Waals surface area (Å²) in [7, 11) is 4.41. The van der Waals surface area contributed by atoms with E-state index in [0.717, 1.165) is 5.69 Å². The SMILES string of the molecule is COc1ccc(-c2oc3c(OC)c(OC)cc(OCCCC(=O)NCCc4ccccn4)c3c(=O)c2O)cc1. The van der Waals surface area contributed by atoms with Crippen molar-refractivity contribution in [3.05, 3.63) is 70.6 Å². The van der Waals surface area contributed by atoms with Crippen molar-refractivity contribution in [2.24, 2.45) is 0 Å². The van der Waals surface area contributed by atoms with Gasteiger partial charge in [0.05, 0.1) is 27.9 Å². The van der Waals surface area contributed by atoms with Crippen molar-refractivity contribution in [1.29, 1.82) is 0 Å². The maximum atomic E-state index is 13.3. The van der Waals surface area contributed by atoms with E-state index in [1.165, 1.54) is 27.4 Å². The van der Waals surface area contributed by atoms with Crippen LogP contribution in [0.5, 0.6) is 28.7 Å². The number of methoxy groups -OCH3 is 3. The Morgan fingerprint density at radius 3 is 2.49 bits per heavy atom. The number of carbonyl (C=O) groups excluding carboxylic acids is 1. The molecule has 0 saturated carbocycles. The zero-order valence-corrected chi connectivity index (χ0v) is 22.0. The van der Waals surface area contributed by atoms with Crippen LogP contribution < -0.4 is 29.7 Å². The Bertz CT molecular complexity index is 1480. The molecule has 0 radical (unpaired) electrons. The van der Waals surface area contributed by atoms with Gasteiger partial charge in [0.1, 0.15) is 16.9 Å². The van der Waals surface area contributed by atoms with Gasteiger partial charge in [0, 0.05) is 42.9 Å². The topological polar surface area (TPSA) is 129 Å². The molecule has 2 heterocycles. The fourth-order valence-corrected chi connectivity index (χ4v) is 4.05. The third-order valence-electron chi connectivity index (χ3n) is 6.04. The van der Waals surface area contributed by atoms with Gasteiger partial charge in [-0.1, -0.05) is 6.07 Å². The highest BCUT2D eigenvalue weighted by Crippen LogP contribution is 2.43. The van der Waals surface area contributed by atoms with E-state index >= 15 is 0 Å². The molecule has 0 aliphatic heterocycles. The summed E-state index contributed by atoms with van der Waals surface area (Å²) in [6, 6.07) is 13.8. The van der Waals surface area contributed by atoms with Crippen molar-refractivity contribution < 1.29 is 33.3 Å². The van der Waals surface area contributed by atoms with Crippen molar-refractivity contribution in [3.8, 4) is 40.1 Å². The molecule has 10 heteroatoms. The van der Waals surface area contributed by atoms with E-state index in [-0.39, 0.29) is 52.9 Å². The van der Waals surface area contributed by atoms with E-state index in [2.05, 4.69) is 10.3 Å². The Hall–Kier alpha value is -4.73. The van der Waals surface area contributed by atoms with Crippen LogP contribution in [0.2, 0.25) is 0 Å². The fourth-order valence-electron chi connectivity index (χ4n) is 4.05. The minimum absolute atomic E-state index is 0.00206. The molecule has 2 aromatic carbocycles. The Kier molecular flexibility index (Phi) is 8.88. The van der Waals surface area contributed by atoms with Crippen molar-refractivity contribution >= 4 is 16.9 Å². The number of nitrogens with one attached hydrogen (secondary N) is 1. The molecule has 10 nitrogen and oxygen atoms in total. The number of ether oxygens (including phenoxy) is 4. The van der Waals surface area contributed by atoms with Crippen molar-refractivity contribution in [1.82, 2.24) is 10.3 Å². The zero-order chi connectivity index (χ0) is 27.8. The lowest BCUT2D eigenvalue weighted by Gasteiger charge is -2.16. The van der Waals surface area contributed by atoms with Gasteiger partial charge in [-0.3, -0.25) is 14.6 Å². The highest BCUT2D eigenvalue weighted by molar-refractivity contribution is 5.93. The molecule has 0 aliphatic carbocycles. The molecule has 2 aromatic heterocycles. The third-order valence-corrected chi connectivity index (χ3v) is 6.04. The molecule has 0 fully saturated rings. The highest BCUT2D eigenvalue weighted by atomic mass is 16.5. The number of nitrogens with zero attached hydrogens (tertiary/aromatic N) is 1. The molecule has 4 rings (SSSR count). The number of aromatic hydroxyl groups is 1. The van der Waals surface area contributed by atoms with Crippen LogP contribution in [0.15, 0.2) is 63.9 Å². The molecule has 1 amide bonds. The largest absolute Gasteiger partial charge is 0.502 e. The predicted octanol–water partition coefficient (Wildman–Crippen LogP) is 4.10. The monoisotopic (exact) mass is 534 g/mol. The summed E-state index contributed by atoms with van der Waals surface area (Å²) in [4.78, 5) is 29.8. The second-order valence-corrected chi connectivity index (χ2v) is 8.52. The molecule has 39 heavy (non-hydrogen) atoms. The lowest BCUT2D eigenvalue weighted by atomic mass is 10.1. The number of hydrogen-bond donors (Lipinski definition) is 2. The number of pyridine rings is 1. The summed E-state index contributed by atoms with van der Waals surface area (Å²) in [6.45, 7) is 0.618. The summed E-state index contributed by atoms with van der Waals surface area (Å²) in [6.07, 6.45) is 2.98. The highest BCUT2D eigenvalue weighted by Gasteiger charge is 2.24. The van der Waals surface area contributed by atoms with E-state index in [1.54, 1.807) is 30.5 Å². The lowest BCUT2D eigenvalue weighted by molar-refractivity contribution is -0.121. The molecular formula is C29H30N2O8. The number of carbonyl (C=O) groups is 1. The van der Waals surface area contributed by atoms with Crippen LogP contribution in [-0.4, -0.2) is 50.5 Å². The fraction of sp³-hybridized carbons (Fsp3) is 0.276. The summed E-state index contributed by atoms with van der Waals surface area (Å²) in [5.74, 6) is 0.488. The maximum absolute atomic E-state index is 13.3. The number of rotatable bonds is 12. The van der Waals surface area contributed by atoms with Gasteiger partial charge in [-0.2, -0.15) is 0 Å². The van der Waals surface area contributed by atoms with Crippen LogP contribution in [-0.2, 0) is 11.2 Å². The van der Waals surface area contributed by atoms with Crippen LogP contribution in [0.4, 0.5) is 0 Å². The lowest BCUT2D eigenvalue weighted by Crippen LogP contribution is -2.26. The molecule has 0 bridgehead atoms. The average Bonchev–Trinajstić information content (AvgIpc) is 2.97. The van der Waals surface area contributed by atoms with Crippen LogP contribution >= 0.6 is 0 Å². The first-order valence-corrected chi connectivity index (χ1v) is 12.3. The van der Waals surface area contributed by atoms with Gasteiger partial charge in [0.25, 0.3) is 0 Å². The van der Waals surface area contributed by atoms with Crippen LogP contribution in [0.3, 0.4) is 0 Å². The molecule has 4 aromatic rings. The first kappa shape index (κ1) is 27.3. The van der Waals surface area contributed by atoms with Gasteiger partial charge in [-0.05, 0) is 42.8 Å². The maximum Gasteiger partial charge on any atom is 0.238 e. The van der Waals surface area contributed by atoms with Gasteiger partial charge in [0.2, 0.25) is 22.8 Å². The number of hydrogen-bond acceptors (Lipinski definition) is 9. The number of amides is 1. The quantitative estimate of drug-likeness (QED) is 0.258. The van der Waals surface area contributed by atoms with Gasteiger partial charge < -0.3 is 33.8 Å². The molecule has 0 spiro atoms.